The summed E-state index contributed by atoms with van der Waals surface area (Å²) in [5.74, 6) is 0.785. The molecule has 0 spiro atoms. The van der Waals surface area contributed by atoms with Crippen molar-refractivity contribution in [3.63, 3.8) is 0 Å². The molecular weight excluding hydrogens is 370 g/mol. The molecule has 1 aromatic heterocycles. The first-order valence-corrected chi connectivity index (χ1v) is 9.82. The maximum Gasteiger partial charge on any atom is 0.257 e. The van der Waals surface area contributed by atoms with Crippen molar-refractivity contribution < 1.29 is 19.1 Å². The van der Waals surface area contributed by atoms with Crippen LogP contribution in [0.15, 0.2) is 30.5 Å². The number of pyridine rings is 1. The molecule has 2 N–H and O–H groups in total. The third kappa shape index (κ3) is 5.04. The molecule has 0 atom stereocenters. The Morgan fingerprint density at radius 1 is 1.03 bits per heavy atom. The first kappa shape index (κ1) is 20.6. The molecule has 0 radical (unpaired) electrons. The van der Waals surface area contributed by atoms with Crippen molar-refractivity contribution >= 4 is 23.3 Å². The van der Waals surface area contributed by atoms with E-state index in [0.29, 0.717) is 28.6 Å². The predicted molar refractivity (Wildman–Crippen MR) is 112 cm³/mol. The van der Waals surface area contributed by atoms with Crippen LogP contribution in [0.1, 0.15) is 48.0 Å². The van der Waals surface area contributed by atoms with Crippen LogP contribution in [-0.2, 0) is 4.79 Å². The Bertz CT molecular complexity index is 874. The Balaban J connectivity index is 1.85. The molecule has 1 fully saturated rings. The number of nitrogens with zero attached hydrogens (tertiary/aromatic N) is 1. The zero-order chi connectivity index (χ0) is 20.8. The van der Waals surface area contributed by atoms with E-state index in [2.05, 4.69) is 15.6 Å². The van der Waals surface area contributed by atoms with Gasteiger partial charge in [0.2, 0.25) is 5.91 Å². The van der Waals surface area contributed by atoms with Crippen molar-refractivity contribution in [2.75, 3.05) is 24.9 Å². The number of ether oxygens (including phenoxy) is 2. The van der Waals surface area contributed by atoms with Gasteiger partial charge in [-0.3, -0.25) is 9.59 Å². The number of aryl methyl sites for hydroxylation is 1. The number of amides is 2. The van der Waals surface area contributed by atoms with Gasteiger partial charge in [0.15, 0.2) is 11.5 Å². The molecule has 7 nitrogen and oxygen atoms in total. The van der Waals surface area contributed by atoms with Gasteiger partial charge in [-0.2, -0.15) is 0 Å². The smallest absolute Gasteiger partial charge is 0.257 e. The third-order valence-electron chi connectivity index (χ3n) is 5.13. The minimum absolute atomic E-state index is 0.0197. The fourth-order valence-corrected chi connectivity index (χ4v) is 3.52. The Hall–Kier alpha value is -3.09. The number of hydrogen-bond acceptors (Lipinski definition) is 5. The summed E-state index contributed by atoms with van der Waals surface area (Å²) in [4.78, 5) is 29.7. The second-order valence-electron chi connectivity index (χ2n) is 7.26. The molecule has 0 unspecified atom stereocenters. The Kier molecular flexibility index (Phi) is 6.69. The summed E-state index contributed by atoms with van der Waals surface area (Å²) in [6.45, 7) is 1.92. The molecule has 0 bridgehead atoms. The molecule has 1 aliphatic rings. The van der Waals surface area contributed by atoms with Gasteiger partial charge in [-0.1, -0.05) is 25.3 Å². The highest BCUT2D eigenvalue weighted by molar-refractivity contribution is 6.06. The number of carbonyl (C=O) groups excluding carboxylic acids is 2. The molecule has 1 aromatic carbocycles. The van der Waals surface area contributed by atoms with Crippen molar-refractivity contribution in [1.82, 2.24) is 4.98 Å². The molecule has 2 aromatic rings. The van der Waals surface area contributed by atoms with Crippen molar-refractivity contribution in [1.29, 1.82) is 0 Å². The first-order chi connectivity index (χ1) is 14.0. The third-order valence-corrected chi connectivity index (χ3v) is 5.13. The van der Waals surface area contributed by atoms with Crippen LogP contribution < -0.4 is 20.1 Å². The maximum absolute atomic E-state index is 12.7. The average molecular weight is 397 g/mol. The number of methoxy groups -OCH3 is 2. The molecule has 1 aliphatic carbocycles. The van der Waals surface area contributed by atoms with Crippen LogP contribution in [0.2, 0.25) is 0 Å². The number of aromatic nitrogens is 1. The molecule has 1 saturated carbocycles. The number of anilines is 2. The van der Waals surface area contributed by atoms with Crippen molar-refractivity contribution in [2.24, 2.45) is 5.92 Å². The summed E-state index contributed by atoms with van der Waals surface area (Å²) in [5, 5.41) is 5.69. The summed E-state index contributed by atoms with van der Waals surface area (Å²) in [7, 11) is 3.00. The lowest BCUT2D eigenvalue weighted by Gasteiger charge is -2.22. The molecular formula is C22H27N3O4. The van der Waals surface area contributed by atoms with Crippen molar-refractivity contribution in [3.05, 3.63) is 41.6 Å². The lowest BCUT2D eigenvalue weighted by molar-refractivity contribution is -0.120. The van der Waals surface area contributed by atoms with E-state index in [0.717, 1.165) is 31.2 Å². The lowest BCUT2D eigenvalue weighted by atomic mass is 9.88. The molecule has 29 heavy (non-hydrogen) atoms. The molecule has 1 heterocycles. The number of benzene rings is 1. The summed E-state index contributed by atoms with van der Waals surface area (Å²) < 4.78 is 10.8. The summed E-state index contributed by atoms with van der Waals surface area (Å²) in [6.07, 6.45) is 6.73. The second-order valence-corrected chi connectivity index (χ2v) is 7.26. The van der Waals surface area contributed by atoms with Crippen LogP contribution in [0.25, 0.3) is 0 Å². The van der Waals surface area contributed by atoms with Crippen LogP contribution in [0.3, 0.4) is 0 Å². The average Bonchev–Trinajstić information content (AvgIpc) is 2.75. The van der Waals surface area contributed by atoms with E-state index in [1.54, 1.807) is 24.4 Å². The van der Waals surface area contributed by atoms with E-state index in [1.807, 2.05) is 13.0 Å². The van der Waals surface area contributed by atoms with Gasteiger partial charge < -0.3 is 20.1 Å². The van der Waals surface area contributed by atoms with Gasteiger partial charge in [-0.15, -0.1) is 0 Å². The second kappa shape index (κ2) is 9.41. The van der Waals surface area contributed by atoms with E-state index in [9.17, 15) is 9.59 Å². The van der Waals surface area contributed by atoms with Gasteiger partial charge in [0.25, 0.3) is 5.91 Å². The maximum atomic E-state index is 12.7. The van der Waals surface area contributed by atoms with E-state index < -0.39 is 0 Å². The topological polar surface area (TPSA) is 89.5 Å². The minimum Gasteiger partial charge on any atom is -0.493 e. The van der Waals surface area contributed by atoms with E-state index in [1.165, 1.54) is 20.6 Å². The van der Waals surface area contributed by atoms with Gasteiger partial charge in [0.05, 0.1) is 19.9 Å². The van der Waals surface area contributed by atoms with Crippen LogP contribution in [0, 0.1) is 12.8 Å². The van der Waals surface area contributed by atoms with Gasteiger partial charge in [-0.05, 0) is 43.5 Å². The molecule has 7 heteroatoms. The van der Waals surface area contributed by atoms with E-state index in [4.69, 9.17) is 9.47 Å². The lowest BCUT2D eigenvalue weighted by Crippen LogP contribution is -2.25. The zero-order valence-electron chi connectivity index (χ0n) is 17.1. The monoisotopic (exact) mass is 397 g/mol. The number of hydrogen-bond donors (Lipinski definition) is 2. The van der Waals surface area contributed by atoms with Crippen LogP contribution in [0.4, 0.5) is 11.5 Å². The highest BCUT2D eigenvalue weighted by Gasteiger charge is 2.24. The van der Waals surface area contributed by atoms with Gasteiger partial charge in [0.1, 0.15) is 5.82 Å². The molecule has 0 saturated heterocycles. The van der Waals surface area contributed by atoms with Gasteiger partial charge >= 0.3 is 0 Å². The van der Waals surface area contributed by atoms with Crippen molar-refractivity contribution in [3.8, 4) is 11.5 Å². The summed E-state index contributed by atoms with van der Waals surface area (Å²) in [6, 6.07) is 6.79. The number of nitrogens with one attached hydrogen (secondary N) is 2. The Labute approximate surface area is 170 Å². The van der Waals surface area contributed by atoms with Crippen molar-refractivity contribution in [2.45, 2.75) is 39.0 Å². The van der Waals surface area contributed by atoms with Gasteiger partial charge in [0, 0.05) is 17.7 Å². The van der Waals surface area contributed by atoms with Gasteiger partial charge in [-0.25, -0.2) is 4.98 Å². The standard InChI is InChI=1S/C22H27N3O4/c1-14-9-10-19(23-13-14)25-22(27)16-11-17(20(29-3)18(12-16)28-2)24-21(26)15-7-5-4-6-8-15/h9-13,15H,4-8H2,1-3H3,(H,24,26)(H,23,25,27). The van der Waals surface area contributed by atoms with Crippen LogP contribution in [-0.4, -0.2) is 31.0 Å². The summed E-state index contributed by atoms with van der Waals surface area (Å²) >= 11 is 0. The fraction of sp³-hybridized carbons (Fsp3) is 0.409. The highest BCUT2D eigenvalue weighted by Crippen LogP contribution is 2.37. The molecule has 3 rings (SSSR count). The molecule has 154 valence electrons. The quantitative estimate of drug-likeness (QED) is 0.763. The predicted octanol–water partition coefficient (Wildman–Crippen LogP) is 4.18. The van der Waals surface area contributed by atoms with Crippen LogP contribution in [0.5, 0.6) is 11.5 Å². The highest BCUT2D eigenvalue weighted by atomic mass is 16.5. The minimum atomic E-state index is -0.351. The molecule has 2 amide bonds. The number of rotatable bonds is 6. The van der Waals surface area contributed by atoms with Crippen LogP contribution >= 0.6 is 0 Å². The van der Waals surface area contributed by atoms with E-state index in [-0.39, 0.29) is 17.7 Å². The summed E-state index contributed by atoms with van der Waals surface area (Å²) in [5.41, 5.74) is 1.76. The zero-order valence-corrected chi connectivity index (χ0v) is 17.1. The largest absolute Gasteiger partial charge is 0.493 e. The van der Waals surface area contributed by atoms with E-state index >= 15 is 0 Å². The SMILES string of the molecule is COc1cc(C(=O)Nc2ccc(C)cn2)cc(NC(=O)C2CCCCC2)c1OC. The first-order valence-electron chi connectivity index (χ1n) is 9.82. The Morgan fingerprint density at radius 3 is 2.41 bits per heavy atom. The normalized spacial score (nSPS) is 14.2. The Morgan fingerprint density at radius 2 is 1.79 bits per heavy atom. The fourth-order valence-electron chi connectivity index (χ4n) is 3.52. The number of carbonyl (C=O) groups is 2. The molecule has 0 aliphatic heterocycles.